The molecular weight excluding hydrogens is 236 g/mol. The van der Waals surface area contributed by atoms with Crippen LogP contribution in [0.4, 0.5) is 0 Å². The van der Waals surface area contributed by atoms with Crippen molar-refractivity contribution in [2.75, 3.05) is 20.6 Å². The highest BCUT2D eigenvalue weighted by molar-refractivity contribution is 5.27. The number of nitrogens with one attached hydrogen (secondary N) is 1. The van der Waals surface area contributed by atoms with E-state index in [0.29, 0.717) is 23.8 Å². The van der Waals surface area contributed by atoms with E-state index in [1.165, 1.54) is 12.0 Å². The number of nitrogens with zero attached hydrogens (tertiary/aromatic N) is 1. The van der Waals surface area contributed by atoms with Crippen molar-refractivity contribution >= 4 is 0 Å². The number of benzene rings is 1. The monoisotopic (exact) mass is 264 g/mol. The first-order valence-electron chi connectivity index (χ1n) is 7.08. The highest BCUT2D eigenvalue weighted by Gasteiger charge is 2.15. The van der Waals surface area contributed by atoms with E-state index in [0.717, 1.165) is 6.54 Å². The summed E-state index contributed by atoms with van der Waals surface area (Å²) in [4.78, 5) is 2.23. The lowest BCUT2D eigenvalue weighted by atomic mass is 10.0. The quantitative estimate of drug-likeness (QED) is 0.794. The Morgan fingerprint density at radius 2 is 1.68 bits per heavy atom. The van der Waals surface area contributed by atoms with Gasteiger partial charge in [0, 0.05) is 18.6 Å². The maximum Gasteiger partial charge on any atom is 0.115 e. The highest BCUT2D eigenvalue weighted by Crippen LogP contribution is 2.18. The van der Waals surface area contributed by atoms with Crippen molar-refractivity contribution in [3.63, 3.8) is 0 Å². The van der Waals surface area contributed by atoms with Crippen LogP contribution < -0.4 is 5.32 Å². The lowest BCUT2D eigenvalue weighted by Gasteiger charge is -2.27. The van der Waals surface area contributed by atoms with Crippen molar-refractivity contribution in [2.24, 2.45) is 5.92 Å². The van der Waals surface area contributed by atoms with E-state index in [2.05, 4.69) is 45.1 Å². The van der Waals surface area contributed by atoms with Gasteiger partial charge in [-0.1, -0.05) is 26.0 Å². The second-order valence-corrected chi connectivity index (χ2v) is 6.07. The van der Waals surface area contributed by atoms with E-state index < -0.39 is 0 Å². The zero-order chi connectivity index (χ0) is 14.4. The van der Waals surface area contributed by atoms with Gasteiger partial charge in [-0.15, -0.1) is 0 Å². The molecule has 0 aliphatic heterocycles. The molecule has 0 fully saturated rings. The zero-order valence-corrected chi connectivity index (χ0v) is 12.9. The van der Waals surface area contributed by atoms with Crippen molar-refractivity contribution in [3.8, 4) is 5.75 Å². The molecule has 0 aliphatic carbocycles. The molecule has 0 heterocycles. The topological polar surface area (TPSA) is 35.5 Å². The number of rotatable bonds is 7. The zero-order valence-electron chi connectivity index (χ0n) is 12.9. The van der Waals surface area contributed by atoms with Crippen molar-refractivity contribution < 1.29 is 5.11 Å². The molecule has 0 amide bonds. The highest BCUT2D eigenvalue weighted by atomic mass is 16.3. The molecule has 0 saturated carbocycles. The average molecular weight is 264 g/mol. The second kappa shape index (κ2) is 7.51. The van der Waals surface area contributed by atoms with Gasteiger partial charge in [-0.2, -0.15) is 0 Å². The third kappa shape index (κ3) is 6.08. The summed E-state index contributed by atoms with van der Waals surface area (Å²) in [6.07, 6.45) is 1.17. The molecule has 0 radical (unpaired) electrons. The molecule has 3 heteroatoms. The Morgan fingerprint density at radius 1 is 1.11 bits per heavy atom. The van der Waals surface area contributed by atoms with Gasteiger partial charge in [0.2, 0.25) is 0 Å². The van der Waals surface area contributed by atoms with Crippen molar-refractivity contribution in [3.05, 3.63) is 29.8 Å². The number of hydrogen-bond donors (Lipinski definition) is 2. The van der Waals surface area contributed by atoms with Crippen LogP contribution in [0.25, 0.3) is 0 Å². The summed E-state index contributed by atoms with van der Waals surface area (Å²) in [5.74, 6) is 1.01. The molecule has 2 N–H and O–H groups in total. The van der Waals surface area contributed by atoms with Crippen molar-refractivity contribution in [2.45, 2.75) is 39.3 Å². The molecule has 1 aromatic rings. The van der Waals surface area contributed by atoms with E-state index in [1.54, 1.807) is 12.1 Å². The summed E-state index contributed by atoms with van der Waals surface area (Å²) in [6.45, 7) is 7.74. The second-order valence-electron chi connectivity index (χ2n) is 6.07. The summed E-state index contributed by atoms with van der Waals surface area (Å²) in [7, 11) is 4.22. The Morgan fingerprint density at radius 3 is 2.16 bits per heavy atom. The molecule has 1 rings (SSSR count). The van der Waals surface area contributed by atoms with Gasteiger partial charge < -0.3 is 15.3 Å². The Bertz CT molecular complexity index is 350. The number of phenolic OH excluding ortho intramolecular Hbond substituents is 1. The minimum atomic E-state index is 0.296. The van der Waals surface area contributed by atoms with Crippen LogP contribution in [0.1, 0.15) is 38.8 Å². The van der Waals surface area contributed by atoms with Crippen molar-refractivity contribution in [1.29, 1.82) is 0 Å². The van der Waals surface area contributed by atoms with Crippen LogP contribution in [0.2, 0.25) is 0 Å². The third-order valence-corrected chi connectivity index (χ3v) is 3.22. The van der Waals surface area contributed by atoms with Gasteiger partial charge in [-0.05, 0) is 51.1 Å². The van der Waals surface area contributed by atoms with Crippen LogP contribution in [0.15, 0.2) is 24.3 Å². The predicted molar refractivity (Wildman–Crippen MR) is 81.5 cm³/mol. The van der Waals surface area contributed by atoms with Crippen LogP contribution in [0.5, 0.6) is 5.75 Å². The van der Waals surface area contributed by atoms with E-state index in [4.69, 9.17) is 0 Å². The first-order chi connectivity index (χ1) is 8.88. The molecule has 0 aromatic heterocycles. The molecule has 19 heavy (non-hydrogen) atoms. The summed E-state index contributed by atoms with van der Waals surface area (Å²) < 4.78 is 0. The van der Waals surface area contributed by atoms with E-state index in [1.807, 2.05) is 12.1 Å². The third-order valence-electron chi connectivity index (χ3n) is 3.22. The van der Waals surface area contributed by atoms with Crippen LogP contribution >= 0.6 is 0 Å². The van der Waals surface area contributed by atoms with Gasteiger partial charge in [0.25, 0.3) is 0 Å². The molecule has 0 saturated heterocycles. The van der Waals surface area contributed by atoms with Crippen LogP contribution in [0.3, 0.4) is 0 Å². The minimum Gasteiger partial charge on any atom is -0.508 e. The van der Waals surface area contributed by atoms with Gasteiger partial charge in [-0.3, -0.25) is 0 Å². The average Bonchev–Trinajstić information content (AvgIpc) is 2.27. The fourth-order valence-electron chi connectivity index (χ4n) is 2.42. The normalized spacial score (nSPS) is 14.9. The molecule has 1 aromatic carbocycles. The first kappa shape index (κ1) is 16.0. The minimum absolute atomic E-state index is 0.296. The molecule has 0 spiro atoms. The lowest BCUT2D eigenvalue weighted by Crippen LogP contribution is -2.40. The number of phenols is 1. The molecule has 2 atom stereocenters. The van der Waals surface area contributed by atoms with Crippen LogP contribution in [-0.2, 0) is 0 Å². The van der Waals surface area contributed by atoms with Gasteiger partial charge in [0.15, 0.2) is 0 Å². The Kier molecular flexibility index (Phi) is 6.32. The Balaban J connectivity index is 2.63. The maximum atomic E-state index is 9.33. The Labute approximate surface area is 117 Å². The number of likely N-dealkylation sites (N-methyl/N-ethyl adjacent to an activating group) is 1. The molecule has 3 nitrogen and oxygen atoms in total. The SMILES string of the molecule is CC(C)CC(CN(C)C)NC(C)c1ccc(O)cc1. The summed E-state index contributed by atoms with van der Waals surface area (Å²) >= 11 is 0. The van der Waals surface area contributed by atoms with Crippen LogP contribution in [-0.4, -0.2) is 36.7 Å². The van der Waals surface area contributed by atoms with Crippen molar-refractivity contribution in [1.82, 2.24) is 10.2 Å². The smallest absolute Gasteiger partial charge is 0.115 e. The molecule has 2 unspecified atom stereocenters. The largest absolute Gasteiger partial charge is 0.508 e. The van der Waals surface area contributed by atoms with E-state index in [-0.39, 0.29) is 0 Å². The van der Waals surface area contributed by atoms with Gasteiger partial charge in [0.05, 0.1) is 0 Å². The molecule has 108 valence electrons. The summed E-state index contributed by atoms with van der Waals surface area (Å²) in [5, 5.41) is 13.0. The lowest BCUT2D eigenvalue weighted by molar-refractivity contribution is 0.291. The summed E-state index contributed by atoms with van der Waals surface area (Å²) in [6, 6.07) is 8.24. The first-order valence-corrected chi connectivity index (χ1v) is 7.08. The molecular formula is C16H28N2O. The van der Waals surface area contributed by atoms with E-state index in [9.17, 15) is 5.11 Å². The number of aromatic hydroxyl groups is 1. The fourth-order valence-corrected chi connectivity index (χ4v) is 2.42. The van der Waals surface area contributed by atoms with E-state index >= 15 is 0 Å². The van der Waals surface area contributed by atoms with Gasteiger partial charge >= 0.3 is 0 Å². The van der Waals surface area contributed by atoms with Gasteiger partial charge in [0.1, 0.15) is 5.75 Å². The molecule has 0 bridgehead atoms. The standard InChI is InChI=1S/C16H28N2O/c1-12(2)10-15(11-18(4)5)17-13(3)14-6-8-16(19)9-7-14/h6-9,12-13,15,17,19H,10-11H2,1-5H3. The summed E-state index contributed by atoms with van der Waals surface area (Å²) in [5.41, 5.74) is 1.21. The fraction of sp³-hybridized carbons (Fsp3) is 0.625. The van der Waals surface area contributed by atoms with Gasteiger partial charge in [-0.25, -0.2) is 0 Å². The predicted octanol–water partition coefficient (Wildman–Crippen LogP) is 3.02. The number of hydrogen-bond acceptors (Lipinski definition) is 3. The van der Waals surface area contributed by atoms with Crippen LogP contribution in [0, 0.1) is 5.92 Å². The molecule has 0 aliphatic rings. The maximum absolute atomic E-state index is 9.33. The Hall–Kier alpha value is -1.06.